The lowest BCUT2D eigenvalue weighted by Gasteiger charge is -1.90. The summed E-state index contributed by atoms with van der Waals surface area (Å²) in [5.74, 6) is 0. The second-order valence-electron chi connectivity index (χ2n) is 2.05. The lowest BCUT2D eigenvalue weighted by Crippen LogP contribution is -1.78. The number of hydrogen-bond donors (Lipinski definition) is 0. The van der Waals surface area contributed by atoms with Crippen LogP contribution < -0.4 is 0 Å². The molecular formula is C8H10N2O2. The van der Waals surface area contributed by atoms with Gasteiger partial charge in [-0.05, 0) is 12.1 Å². The molecule has 0 atom stereocenters. The number of hydrogen-bond acceptors (Lipinski definition) is 2. The summed E-state index contributed by atoms with van der Waals surface area (Å²) < 4.78 is 0. The Morgan fingerprint density at radius 3 is 1.58 bits per heavy atom. The fourth-order valence-corrected chi connectivity index (χ4v) is 0.910. The van der Waals surface area contributed by atoms with E-state index in [1.807, 2.05) is 24.3 Å². The topological polar surface area (TPSA) is 88.8 Å². The third kappa shape index (κ3) is 1.75. The van der Waals surface area contributed by atoms with Crippen molar-refractivity contribution in [2.75, 3.05) is 0 Å². The first kappa shape index (κ1) is 10.5. The third-order valence-corrected chi connectivity index (χ3v) is 1.38. The molecule has 0 fully saturated rings. The van der Waals surface area contributed by atoms with Crippen molar-refractivity contribution >= 4 is 11.0 Å². The standard InChI is InChI=1S/C8H6N2.2H2O/c1-2-4-8-7(3-1)9-5-6-10-8;;/h1-6H;2*1H2. The number of aromatic nitrogens is 2. The first-order valence-electron chi connectivity index (χ1n) is 3.12. The van der Waals surface area contributed by atoms with Gasteiger partial charge in [0.25, 0.3) is 0 Å². The van der Waals surface area contributed by atoms with Gasteiger partial charge in [0.2, 0.25) is 0 Å². The highest BCUT2D eigenvalue weighted by molar-refractivity contribution is 5.72. The Labute approximate surface area is 69.5 Å². The van der Waals surface area contributed by atoms with Crippen LogP contribution >= 0.6 is 0 Å². The quantitative estimate of drug-likeness (QED) is 0.550. The molecule has 12 heavy (non-hydrogen) atoms. The summed E-state index contributed by atoms with van der Waals surface area (Å²) in [5.41, 5.74) is 1.90. The van der Waals surface area contributed by atoms with Crippen molar-refractivity contribution in [2.45, 2.75) is 0 Å². The maximum Gasteiger partial charge on any atom is 0.0886 e. The highest BCUT2D eigenvalue weighted by Gasteiger charge is 1.88. The van der Waals surface area contributed by atoms with E-state index < -0.39 is 0 Å². The Hall–Kier alpha value is -1.52. The molecule has 64 valence electrons. The molecule has 0 radical (unpaired) electrons. The minimum atomic E-state index is 0. The van der Waals surface area contributed by atoms with Gasteiger partial charge in [0.15, 0.2) is 0 Å². The Morgan fingerprint density at radius 2 is 1.17 bits per heavy atom. The van der Waals surface area contributed by atoms with E-state index in [1.54, 1.807) is 12.4 Å². The molecule has 0 aliphatic carbocycles. The maximum atomic E-state index is 4.12. The fourth-order valence-electron chi connectivity index (χ4n) is 0.910. The molecule has 0 saturated heterocycles. The molecule has 1 heterocycles. The minimum Gasteiger partial charge on any atom is -0.412 e. The Morgan fingerprint density at radius 1 is 0.750 bits per heavy atom. The molecule has 0 spiro atoms. The summed E-state index contributed by atoms with van der Waals surface area (Å²) >= 11 is 0. The average molecular weight is 166 g/mol. The summed E-state index contributed by atoms with van der Waals surface area (Å²) in [4.78, 5) is 8.24. The van der Waals surface area contributed by atoms with Gasteiger partial charge in [-0.25, -0.2) is 0 Å². The molecule has 2 rings (SSSR count). The summed E-state index contributed by atoms with van der Waals surface area (Å²) in [6, 6.07) is 7.80. The van der Waals surface area contributed by atoms with E-state index in [0.29, 0.717) is 0 Å². The molecule has 0 aliphatic rings. The molecule has 0 bridgehead atoms. The monoisotopic (exact) mass is 166 g/mol. The van der Waals surface area contributed by atoms with Crippen molar-refractivity contribution < 1.29 is 11.0 Å². The number of nitrogens with zero attached hydrogens (tertiary/aromatic N) is 2. The lowest BCUT2D eigenvalue weighted by molar-refractivity contribution is 0.823. The van der Waals surface area contributed by atoms with E-state index in [-0.39, 0.29) is 11.0 Å². The van der Waals surface area contributed by atoms with Crippen LogP contribution in [-0.4, -0.2) is 20.9 Å². The number of fused-ring (bicyclic) bond motifs is 1. The number of benzene rings is 1. The minimum absolute atomic E-state index is 0. The summed E-state index contributed by atoms with van der Waals surface area (Å²) in [7, 11) is 0. The molecule has 4 nitrogen and oxygen atoms in total. The SMILES string of the molecule is O.O.c1ccc2nccnc2c1. The van der Waals surface area contributed by atoms with E-state index >= 15 is 0 Å². The Balaban J connectivity index is 0.000000605. The zero-order chi connectivity index (χ0) is 6.81. The highest BCUT2D eigenvalue weighted by Crippen LogP contribution is 2.04. The van der Waals surface area contributed by atoms with E-state index in [2.05, 4.69) is 9.97 Å². The van der Waals surface area contributed by atoms with Crippen molar-refractivity contribution in [3.63, 3.8) is 0 Å². The van der Waals surface area contributed by atoms with E-state index in [4.69, 9.17) is 0 Å². The zero-order valence-electron chi connectivity index (χ0n) is 6.36. The van der Waals surface area contributed by atoms with Crippen molar-refractivity contribution in [3.8, 4) is 0 Å². The molecule has 0 aliphatic heterocycles. The smallest absolute Gasteiger partial charge is 0.0886 e. The second-order valence-corrected chi connectivity index (χ2v) is 2.05. The van der Waals surface area contributed by atoms with E-state index in [1.165, 1.54) is 0 Å². The zero-order valence-corrected chi connectivity index (χ0v) is 6.36. The van der Waals surface area contributed by atoms with Gasteiger partial charge in [0.05, 0.1) is 11.0 Å². The molecule has 1 aromatic heterocycles. The van der Waals surface area contributed by atoms with E-state index in [0.717, 1.165) is 11.0 Å². The Bertz CT molecular complexity index is 286. The van der Waals surface area contributed by atoms with Gasteiger partial charge in [-0.1, -0.05) is 12.1 Å². The molecule has 0 saturated carbocycles. The molecule has 1 aromatic carbocycles. The van der Waals surface area contributed by atoms with Gasteiger partial charge in [-0.2, -0.15) is 0 Å². The molecule has 4 N–H and O–H groups in total. The molecule has 4 heteroatoms. The first-order chi connectivity index (χ1) is 4.97. The summed E-state index contributed by atoms with van der Waals surface area (Å²) in [5, 5.41) is 0. The van der Waals surface area contributed by atoms with Crippen LogP contribution in [0, 0.1) is 0 Å². The van der Waals surface area contributed by atoms with Crippen LogP contribution in [0.2, 0.25) is 0 Å². The average Bonchev–Trinajstić information content (AvgIpc) is 2.05. The fraction of sp³-hybridized carbons (Fsp3) is 0. The number of rotatable bonds is 0. The van der Waals surface area contributed by atoms with Crippen LogP contribution in [0.15, 0.2) is 36.7 Å². The highest BCUT2D eigenvalue weighted by atomic mass is 16.0. The second kappa shape index (κ2) is 4.38. The predicted octanol–water partition coefficient (Wildman–Crippen LogP) is -0.0196. The lowest BCUT2D eigenvalue weighted by atomic mass is 10.3. The van der Waals surface area contributed by atoms with Gasteiger partial charge < -0.3 is 11.0 Å². The van der Waals surface area contributed by atoms with Gasteiger partial charge in [0.1, 0.15) is 0 Å². The van der Waals surface area contributed by atoms with Gasteiger partial charge >= 0.3 is 0 Å². The molecular weight excluding hydrogens is 156 g/mol. The number of para-hydroxylation sites is 2. The van der Waals surface area contributed by atoms with E-state index in [9.17, 15) is 0 Å². The van der Waals surface area contributed by atoms with Gasteiger partial charge in [-0.15, -0.1) is 0 Å². The Kier molecular flexibility index (Phi) is 3.82. The molecule has 2 aromatic rings. The van der Waals surface area contributed by atoms with Gasteiger partial charge in [-0.3, -0.25) is 9.97 Å². The van der Waals surface area contributed by atoms with Crippen LogP contribution in [0.3, 0.4) is 0 Å². The van der Waals surface area contributed by atoms with Crippen molar-refractivity contribution in [3.05, 3.63) is 36.7 Å². The van der Waals surface area contributed by atoms with Crippen molar-refractivity contribution in [2.24, 2.45) is 0 Å². The van der Waals surface area contributed by atoms with Crippen molar-refractivity contribution in [1.29, 1.82) is 0 Å². The third-order valence-electron chi connectivity index (χ3n) is 1.38. The summed E-state index contributed by atoms with van der Waals surface area (Å²) in [6.45, 7) is 0. The van der Waals surface area contributed by atoms with Crippen LogP contribution in [0.1, 0.15) is 0 Å². The van der Waals surface area contributed by atoms with Crippen molar-refractivity contribution in [1.82, 2.24) is 9.97 Å². The maximum absolute atomic E-state index is 4.12. The molecule has 0 amide bonds. The van der Waals surface area contributed by atoms with Gasteiger partial charge in [0, 0.05) is 12.4 Å². The normalized spacial score (nSPS) is 8.33. The summed E-state index contributed by atoms with van der Waals surface area (Å²) in [6.07, 6.45) is 3.39. The van der Waals surface area contributed by atoms with Crippen LogP contribution in [0.5, 0.6) is 0 Å². The first-order valence-corrected chi connectivity index (χ1v) is 3.12. The van der Waals surface area contributed by atoms with Crippen LogP contribution in [-0.2, 0) is 0 Å². The predicted molar refractivity (Wildman–Crippen MR) is 46.8 cm³/mol. The van der Waals surface area contributed by atoms with Crippen LogP contribution in [0.4, 0.5) is 0 Å². The van der Waals surface area contributed by atoms with Crippen LogP contribution in [0.25, 0.3) is 11.0 Å². The largest absolute Gasteiger partial charge is 0.412 e. The molecule has 0 unspecified atom stereocenters.